The average molecular weight is 407 g/mol. The first-order valence-corrected chi connectivity index (χ1v) is 10.1. The van der Waals surface area contributed by atoms with Crippen molar-refractivity contribution in [2.75, 3.05) is 0 Å². The molecule has 152 valence electrons. The highest BCUT2D eigenvalue weighted by atomic mass is 16.5. The standard InChI is InChI=1S/C25H21N5O/c1-16-11-19-5-3-4-6-23(19)28-25(16)18-7-9-21(10-8-18)31-15-24-22(14-27-30-24)20-12-17(2)29-26-13-20/h3-14H,15H2,1-2H3,(H,27,30). The maximum absolute atomic E-state index is 6.01. The highest BCUT2D eigenvalue weighted by Gasteiger charge is 2.10. The predicted molar refractivity (Wildman–Crippen MR) is 121 cm³/mol. The lowest BCUT2D eigenvalue weighted by atomic mass is 10.0. The molecule has 6 nitrogen and oxygen atoms in total. The van der Waals surface area contributed by atoms with E-state index in [1.807, 2.05) is 55.5 Å². The topological polar surface area (TPSA) is 76.6 Å². The van der Waals surface area contributed by atoms with E-state index < -0.39 is 0 Å². The van der Waals surface area contributed by atoms with E-state index in [-0.39, 0.29) is 0 Å². The summed E-state index contributed by atoms with van der Waals surface area (Å²) >= 11 is 0. The van der Waals surface area contributed by atoms with Crippen LogP contribution in [0.3, 0.4) is 0 Å². The number of H-pyrrole nitrogens is 1. The Morgan fingerprint density at radius 2 is 1.74 bits per heavy atom. The predicted octanol–water partition coefficient (Wildman–Crippen LogP) is 5.28. The van der Waals surface area contributed by atoms with Gasteiger partial charge in [-0.3, -0.25) is 5.10 Å². The van der Waals surface area contributed by atoms with Crippen molar-refractivity contribution in [2.24, 2.45) is 0 Å². The van der Waals surface area contributed by atoms with Crippen molar-refractivity contribution in [3.8, 4) is 28.1 Å². The number of ether oxygens (including phenoxy) is 1. The van der Waals surface area contributed by atoms with Crippen molar-refractivity contribution in [2.45, 2.75) is 20.5 Å². The van der Waals surface area contributed by atoms with E-state index in [2.05, 4.69) is 39.5 Å². The van der Waals surface area contributed by atoms with Gasteiger partial charge in [0.1, 0.15) is 12.4 Å². The van der Waals surface area contributed by atoms with Crippen molar-refractivity contribution in [3.05, 3.63) is 90.0 Å². The quantitative estimate of drug-likeness (QED) is 0.429. The van der Waals surface area contributed by atoms with E-state index >= 15 is 0 Å². The van der Waals surface area contributed by atoms with Crippen LogP contribution in [0, 0.1) is 13.8 Å². The molecule has 0 amide bonds. The number of fused-ring (bicyclic) bond motifs is 1. The number of benzene rings is 2. The summed E-state index contributed by atoms with van der Waals surface area (Å²) in [5, 5.41) is 16.4. The van der Waals surface area contributed by atoms with Crippen molar-refractivity contribution in [1.82, 2.24) is 25.4 Å². The van der Waals surface area contributed by atoms with Gasteiger partial charge in [0.25, 0.3) is 0 Å². The minimum atomic E-state index is 0.378. The van der Waals surface area contributed by atoms with Crippen molar-refractivity contribution >= 4 is 10.9 Å². The monoisotopic (exact) mass is 407 g/mol. The molecule has 0 saturated heterocycles. The second-order valence-corrected chi connectivity index (χ2v) is 7.51. The molecule has 3 heterocycles. The lowest BCUT2D eigenvalue weighted by Gasteiger charge is -2.10. The third kappa shape index (κ3) is 3.88. The normalized spacial score (nSPS) is 11.0. The molecule has 0 atom stereocenters. The van der Waals surface area contributed by atoms with Gasteiger partial charge in [-0.15, -0.1) is 0 Å². The van der Waals surface area contributed by atoms with E-state index in [0.717, 1.165) is 56.0 Å². The first-order chi connectivity index (χ1) is 15.2. The maximum atomic E-state index is 6.01. The van der Waals surface area contributed by atoms with E-state index in [4.69, 9.17) is 9.72 Å². The number of nitrogens with one attached hydrogen (secondary N) is 1. The SMILES string of the molecule is Cc1cc(-c2cn[nH]c2COc2ccc(-c3nc4ccccc4cc3C)cc2)cnn1. The van der Waals surface area contributed by atoms with Gasteiger partial charge in [-0.25, -0.2) is 4.98 Å². The fourth-order valence-corrected chi connectivity index (χ4v) is 3.67. The summed E-state index contributed by atoms with van der Waals surface area (Å²) in [6.07, 6.45) is 3.52. The van der Waals surface area contributed by atoms with Crippen LogP contribution in [0.2, 0.25) is 0 Å². The lowest BCUT2D eigenvalue weighted by Crippen LogP contribution is -1.98. The highest BCUT2D eigenvalue weighted by molar-refractivity contribution is 5.83. The second-order valence-electron chi connectivity index (χ2n) is 7.51. The number of nitrogens with zero attached hydrogens (tertiary/aromatic N) is 4. The number of aromatic nitrogens is 5. The number of aryl methyl sites for hydroxylation is 2. The molecule has 0 aliphatic carbocycles. The molecule has 0 aliphatic rings. The van der Waals surface area contributed by atoms with Crippen LogP contribution in [0.25, 0.3) is 33.3 Å². The number of hydrogen-bond acceptors (Lipinski definition) is 5. The van der Waals surface area contributed by atoms with Crippen LogP contribution in [0.15, 0.2) is 73.1 Å². The molecular formula is C25H21N5O. The van der Waals surface area contributed by atoms with E-state index in [1.54, 1.807) is 12.4 Å². The zero-order valence-corrected chi connectivity index (χ0v) is 17.3. The number of pyridine rings is 1. The number of hydrogen-bond donors (Lipinski definition) is 1. The molecule has 6 heteroatoms. The molecule has 0 bridgehead atoms. The highest BCUT2D eigenvalue weighted by Crippen LogP contribution is 2.28. The van der Waals surface area contributed by atoms with Gasteiger partial charge in [0.2, 0.25) is 0 Å². The molecule has 0 aliphatic heterocycles. The van der Waals surface area contributed by atoms with Crippen LogP contribution in [-0.2, 0) is 6.61 Å². The summed E-state index contributed by atoms with van der Waals surface area (Å²) in [4.78, 5) is 4.85. The Kier molecular flexibility index (Phi) is 4.88. The Morgan fingerprint density at radius 3 is 2.58 bits per heavy atom. The molecule has 0 fully saturated rings. The van der Waals surface area contributed by atoms with Gasteiger partial charge in [0.15, 0.2) is 0 Å². The summed E-state index contributed by atoms with van der Waals surface area (Å²) in [7, 11) is 0. The minimum Gasteiger partial charge on any atom is -0.487 e. The molecule has 2 aromatic carbocycles. The van der Waals surface area contributed by atoms with Crippen molar-refractivity contribution < 1.29 is 4.74 Å². The molecule has 0 spiro atoms. The van der Waals surface area contributed by atoms with Gasteiger partial charge in [-0.05, 0) is 61.9 Å². The molecule has 0 radical (unpaired) electrons. The third-order valence-electron chi connectivity index (χ3n) is 5.23. The lowest BCUT2D eigenvalue weighted by molar-refractivity contribution is 0.301. The fraction of sp³-hybridized carbons (Fsp3) is 0.120. The summed E-state index contributed by atoms with van der Waals surface area (Å²) < 4.78 is 6.01. The molecule has 0 unspecified atom stereocenters. The molecule has 0 saturated carbocycles. The number of aromatic amines is 1. The summed E-state index contributed by atoms with van der Waals surface area (Å²) in [6.45, 7) is 4.39. The number of rotatable bonds is 5. The third-order valence-corrected chi connectivity index (χ3v) is 5.23. The van der Waals surface area contributed by atoms with Gasteiger partial charge in [-0.1, -0.05) is 18.2 Å². The maximum Gasteiger partial charge on any atom is 0.130 e. The Bertz CT molecular complexity index is 1360. The van der Waals surface area contributed by atoms with Gasteiger partial charge in [0.05, 0.1) is 35.0 Å². The number of para-hydroxylation sites is 1. The first kappa shape index (κ1) is 18.9. The van der Waals surface area contributed by atoms with Gasteiger partial charge < -0.3 is 4.74 Å². The molecule has 5 rings (SSSR count). The Labute approximate surface area is 180 Å². The van der Waals surface area contributed by atoms with Gasteiger partial charge in [0, 0.05) is 22.1 Å². The Morgan fingerprint density at radius 1 is 0.903 bits per heavy atom. The van der Waals surface area contributed by atoms with Crippen molar-refractivity contribution in [3.63, 3.8) is 0 Å². The van der Waals surface area contributed by atoms with E-state index in [0.29, 0.717) is 6.61 Å². The average Bonchev–Trinajstić information content (AvgIpc) is 3.26. The summed E-state index contributed by atoms with van der Waals surface area (Å²) in [5.41, 5.74) is 7.88. The first-order valence-electron chi connectivity index (χ1n) is 10.1. The van der Waals surface area contributed by atoms with Gasteiger partial charge >= 0.3 is 0 Å². The molecular weight excluding hydrogens is 386 g/mol. The van der Waals surface area contributed by atoms with Crippen LogP contribution in [0.4, 0.5) is 0 Å². The fourth-order valence-electron chi connectivity index (χ4n) is 3.67. The van der Waals surface area contributed by atoms with Crippen LogP contribution in [0.5, 0.6) is 5.75 Å². The molecule has 3 aromatic heterocycles. The minimum absolute atomic E-state index is 0.378. The van der Waals surface area contributed by atoms with E-state index in [9.17, 15) is 0 Å². The molecule has 1 N–H and O–H groups in total. The molecule has 5 aromatic rings. The van der Waals surface area contributed by atoms with Crippen LogP contribution < -0.4 is 4.74 Å². The zero-order valence-electron chi connectivity index (χ0n) is 17.3. The van der Waals surface area contributed by atoms with Crippen molar-refractivity contribution in [1.29, 1.82) is 0 Å². The summed E-state index contributed by atoms with van der Waals surface area (Å²) in [5.74, 6) is 0.784. The van der Waals surface area contributed by atoms with Crippen LogP contribution in [-0.4, -0.2) is 25.4 Å². The smallest absolute Gasteiger partial charge is 0.130 e. The Balaban J connectivity index is 1.34. The van der Waals surface area contributed by atoms with Gasteiger partial charge in [-0.2, -0.15) is 15.3 Å². The van der Waals surface area contributed by atoms with Crippen LogP contribution in [0.1, 0.15) is 17.0 Å². The van der Waals surface area contributed by atoms with Crippen LogP contribution >= 0.6 is 0 Å². The van der Waals surface area contributed by atoms with E-state index in [1.165, 1.54) is 0 Å². The largest absolute Gasteiger partial charge is 0.487 e. The molecule has 31 heavy (non-hydrogen) atoms. The summed E-state index contributed by atoms with van der Waals surface area (Å²) in [6, 6.07) is 20.4. The zero-order chi connectivity index (χ0) is 21.2. The second kappa shape index (κ2) is 7.99. The Hall–Kier alpha value is -4.06.